The maximum Gasteiger partial charge on any atom is 0.255 e. The second-order valence-electron chi connectivity index (χ2n) is 4.66. The summed E-state index contributed by atoms with van der Waals surface area (Å²) in [6, 6.07) is 3.48. The minimum Gasteiger partial charge on any atom is -0.320 e. The average Bonchev–Trinajstić information content (AvgIpc) is 2.48. The van der Waals surface area contributed by atoms with Crippen LogP contribution >= 0.6 is 0 Å². The number of carbonyl (C=O) groups is 1. The van der Waals surface area contributed by atoms with E-state index in [-0.39, 0.29) is 5.91 Å². The summed E-state index contributed by atoms with van der Waals surface area (Å²) in [4.78, 5) is 11.8. The molecule has 1 aromatic rings. The minimum absolute atomic E-state index is 0.129. The predicted octanol–water partition coefficient (Wildman–Crippen LogP) is 1.55. The summed E-state index contributed by atoms with van der Waals surface area (Å²) < 4.78 is 1.77. The van der Waals surface area contributed by atoms with Crippen LogP contribution in [0.2, 0.25) is 0 Å². The van der Waals surface area contributed by atoms with Crippen LogP contribution in [-0.2, 0) is 4.79 Å². The molecule has 1 aromatic heterocycles. The Bertz CT molecular complexity index is 349. The standard InChI is InChI=1S/C12H21N3O/c1-8(2)7-11(13)12(16)14-15-9(3)5-6-10(15)4/h5-6,8,11H,7,13H2,1-4H3,(H,14,16)/t11-/m1/s1. The normalized spacial score (nSPS) is 12.9. The van der Waals surface area contributed by atoms with Gasteiger partial charge in [-0.1, -0.05) is 13.8 Å². The lowest BCUT2D eigenvalue weighted by Crippen LogP contribution is -2.40. The number of hydrogen-bond donors (Lipinski definition) is 2. The van der Waals surface area contributed by atoms with E-state index in [1.165, 1.54) is 0 Å². The van der Waals surface area contributed by atoms with Crippen molar-refractivity contribution in [3.63, 3.8) is 0 Å². The third-order valence-corrected chi connectivity index (χ3v) is 2.56. The van der Waals surface area contributed by atoms with E-state index in [1.807, 2.05) is 26.0 Å². The maximum atomic E-state index is 11.8. The van der Waals surface area contributed by atoms with Gasteiger partial charge in [-0.25, -0.2) is 0 Å². The first-order valence-corrected chi connectivity index (χ1v) is 5.63. The molecule has 0 bridgehead atoms. The quantitative estimate of drug-likeness (QED) is 0.813. The van der Waals surface area contributed by atoms with E-state index in [2.05, 4.69) is 19.3 Å². The van der Waals surface area contributed by atoms with Crippen LogP contribution in [-0.4, -0.2) is 16.6 Å². The largest absolute Gasteiger partial charge is 0.320 e. The van der Waals surface area contributed by atoms with Crippen molar-refractivity contribution >= 4 is 5.91 Å². The first-order chi connectivity index (χ1) is 7.41. The third kappa shape index (κ3) is 3.10. The fraction of sp³-hybridized carbons (Fsp3) is 0.583. The lowest BCUT2D eigenvalue weighted by Gasteiger charge is -2.16. The van der Waals surface area contributed by atoms with Gasteiger partial charge in [-0.2, -0.15) is 0 Å². The molecular formula is C12H21N3O. The monoisotopic (exact) mass is 223 g/mol. The van der Waals surface area contributed by atoms with Crippen LogP contribution in [0.3, 0.4) is 0 Å². The molecule has 0 spiro atoms. The van der Waals surface area contributed by atoms with Gasteiger partial charge in [-0.05, 0) is 38.3 Å². The van der Waals surface area contributed by atoms with Crippen molar-refractivity contribution < 1.29 is 4.79 Å². The molecule has 4 heteroatoms. The SMILES string of the molecule is Cc1ccc(C)n1NC(=O)[C@H](N)CC(C)C. The van der Waals surface area contributed by atoms with E-state index in [0.717, 1.165) is 11.4 Å². The third-order valence-electron chi connectivity index (χ3n) is 2.56. The van der Waals surface area contributed by atoms with Crippen LogP contribution in [0.25, 0.3) is 0 Å². The van der Waals surface area contributed by atoms with Gasteiger partial charge in [-0.15, -0.1) is 0 Å². The molecule has 1 rings (SSSR count). The molecule has 0 unspecified atom stereocenters. The Balaban J connectivity index is 2.64. The van der Waals surface area contributed by atoms with Crippen LogP contribution in [0.5, 0.6) is 0 Å². The number of aromatic nitrogens is 1. The molecule has 1 heterocycles. The zero-order valence-electron chi connectivity index (χ0n) is 10.4. The zero-order valence-corrected chi connectivity index (χ0v) is 10.4. The lowest BCUT2D eigenvalue weighted by molar-refractivity contribution is -0.118. The van der Waals surface area contributed by atoms with Crippen LogP contribution in [0.15, 0.2) is 12.1 Å². The van der Waals surface area contributed by atoms with Gasteiger partial charge < -0.3 is 5.73 Å². The van der Waals surface area contributed by atoms with E-state index < -0.39 is 6.04 Å². The predicted molar refractivity (Wildman–Crippen MR) is 65.7 cm³/mol. The van der Waals surface area contributed by atoms with Crippen LogP contribution in [0, 0.1) is 19.8 Å². The number of nitrogens with two attached hydrogens (primary N) is 1. The molecule has 0 saturated carbocycles. The van der Waals surface area contributed by atoms with Crippen molar-refractivity contribution in [2.75, 3.05) is 5.43 Å². The Morgan fingerprint density at radius 3 is 2.31 bits per heavy atom. The van der Waals surface area contributed by atoms with E-state index in [0.29, 0.717) is 12.3 Å². The number of rotatable bonds is 4. The van der Waals surface area contributed by atoms with Crippen molar-refractivity contribution in [3.8, 4) is 0 Å². The molecule has 1 amide bonds. The zero-order chi connectivity index (χ0) is 12.3. The highest BCUT2D eigenvalue weighted by atomic mass is 16.2. The van der Waals surface area contributed by atoms with Gasteiger partial charge >= 0.3 is 0 Å². The van der Waals surface area contributed by atoms with Gasteiger partial charge in [0.1, 0.15) is 0 Å². The minimum atomic E-state index is -0.443. The van der Waals surface area contributed by atoms with Gasteiger partial charge in [0.25, 0.3) is 5.91 Å². The van der Waals surface area contributed by atoms with E-state index in [4.69, 9.17) is 5.73 Å². The van der Waals surface area contributed by atoms with Gasteiger partial charge in [0.05, 0.1) is 6.04 Å². The highest BCUT2D eigenvalue weighted by molar-refractivity contribution is 5.88. The summed E-state index contributed by atoms with van der Waals surface area (Å²) in [6.45, 7) is 8.00. The molecule has 1 atom stereocenters. The maximum absolute atomic E-state index is 11.8. The molecular weight excluding hydrogens is 202 g/mol. The number of hydrogen-bond acceptors (Lipinski definition) is 2. The molecule has 16 heavy (non-hydrogen) atoms. The van der Waals surface area contributed by atoms with Crippen LogP contribution in [0.1, 0.15) is 31.7 Å². The number of carbonyl (C=O) groups excluding carboxylic acids is 1. The average molecular weight is 223 g/mol. The van der Waals surface area contributed by atoms with E-state index in [1.54, 1.807) is 4.68 Å². The molecule has 0 fully saturated rings. The Morgan fingerprint density at radius 2 is 1.88 bits per heavy atom. The summed E-state index contributed by atoms with van der Waals surface area (Å²) >= 11 is 0. The molecule has 0 saturated heterocycles. The molecule has 0 aromatic carbocycles. The van der Waals surface area contributed by atoms with E-state index in [9.17, 15) is 4.79 Å². The molecule has 90 valence electrons. The van der Waals surface area contributed by atoms with Crippen LogP contribution < -0.4 is 11.2 Å². The van der Waals surface area contributed by atoms with E-state index >= 15 is 0 Å². The molecule has 0 radical (unpaired) electrons. The first kappa shape index (κ1) is 12.8. The smallest absolute Gasteiger partial charge is 0.255 e. The second-order valence-corrected chi connectivity index (χ2v) is 4.66. The van der Waals surface area contributed by atoms with Gasteiger partial charge in [0, 0.05) is 11.4 Å². The Hall–Kier alpha value is -1.29. The summed E-state index contributed by atoms with van der Waals surface area (Å²) in [5.41, 5.74) is 10.6. The van der Waals surface area contributed by atoms with Gasteiger partial charge in [-0.3, -0.25) is 14.9 Å². The molecule has 0 aliphatic rings. The Morgan fingerprint density at radius 1 is 1.38 bits per heavy atom. The van der Waals surface area contributed by atoms with Crippen molar-refractivity contribution in [1.29, 1.82) is 0 Å². The highest BCUT2D eigenvalue weighted by Crippen LogP contribution is 2.06. The van der Waals surface area contributed by atoms with Crippen molar-refractivity contribution in [2.45, 2.75) is 40.2 Å². The van der Waals surface area contributed by atoms with Gasteiger partial charge in [0.15, 0.2) is 0 Å². The Kier molecular flexibility index (Phi) is 4.12. The van der Waals surface area contributed by atoms with Crippen LogP contribution in [0.4, 0.5) is 0 Å². The lowest BCUT2D eigenvalue weighted by atomic mass is 10.0. The van der Waals surface area contributed by atoms with Crippen molar-refractivity contribution in [3.05, 3.63) is 23.5 Å². The fourth-order valence-corrected chi connectivity index (χ4v) is 1.65. The number of aryl methyl sites for hydroxylation is 2. The van der Waals surface area contributed by atoms with Crippen molar-refractivity contribution in [1.82, 2.24) is 4.68 Å². The van der Waals surface area contributed by atoms with Crippen molar-refractivity contribution in [2.24, 2.45) is 11.7 Å². The topological polar surface area (TPSA) is 60.0 Å². The Labute approximate surface area is 96.8 Å². The first-order valence-electron chi connectivity index (χ1n) is 5.63. The second kappa shape index (κ2) is 5.16. The number of amides is 1. The fourth-order valence-electron chi connectivity index (χ4n) is 1.65. The molecule has 4 nitrogen and oxygen atoms in total. The molecule has 3 N–H and O–H groups in total. The summed E-state index contributed by atoms with van der Waals surface area (Å²) in [5, 5.41) is 0. The molecule has 0 aliphatic carbocycles. The molecule has 0 aliphatic heterocycles. The summed E-state index contributed by atoms with van der Waals surface area (Å²) in [5.74, 6) is 0.295. The number of nitrogens with one attached hydrogen (secondary N) is 1. The number of nitrogens with zero attached hydrogens (tertiary/aromatic N) is 1. The van der Waals surface area contributed by atoms with Gasteiger partial charge in [0.2, 0.25) is 0 Å². The summed E-state index contributed by atoms with van der Waals surface area (Å²) in [7, 11) is 0. The summed E-state index contributed by atoms with van der Waals surface area (Å²) in [6.07, 6.45) is 0.700. The highest BCUT2D eigenvalue weighted by Gasteiger charge is 2.16.